The number of rotatable bonds is 7. The summed E-state index contributed by atoms with van der Waals surface area (Å²) in [6.45, 7) is 1.08. The fraction of sp³-hybridized carbons (Fsp3) is 0.316. The second kappa shape index (κ2) is 9.03. The zero-order valence-corrected chi connectivity index (χ0v) is 15.9. The van der Waals surface area contributed by atoms with Crippen LogP contribution in [0.2, 0.25) is 0 Å². The quantitative estimate of drug-likeness (QED) is 0.687. The van der Waals surface area contributed by atoms with Crippen LogP contribution in [-0.4, -0.2) is 34.1 Å². The van der Waals surface area contributed by atoms with Gasteiger partial charge in [-0.25, -0.2) is 17.5 Å². The Morgan fingerprint density at radius 3 is 2.64 bits per heavy atom. The van der Waals surface area contributed by atoms with E-state index in [1.54, 1.807) is 12.1 Å². The monoisotopic (exact) mass is 408 g/mol. The predicted molar refractivity (Wildman–Crippen MR) is 102 cm³/mol. The summed E-state index contributed by atoms with van der Waals surface area (Å²) in [4.78, 5) is 11.9. The Morgan fingerprint density at radius 1 is 1.07 bits per heavy atom. The van der Waals surface area contributed by atoms with Gasteiger partial charge in [0.25, 0.3) is 0 Å². The molecule has 1 amide bonds. The molecule has 0 bridgehead atoms. The van der Waals surface area contributed by atoms with Gasteiger partial charge in [0, 0.05) is 31.1 Å². The molecule has 0 atom stereocenters. The normalized spacial score (nSPS) is 13.6. The molecule has 0 spiro atoms. The zero-order valence-electron chi connectivity index (χ0n) is 15.1. The zero-order chi connectivity index (χ0) is 20.0. The Bertz CT molecular complexity index is 949. The van der Waals surface area contributed by atoms with E-state index in [4.69, 9.17) is 9.47 Å². The summed E-state index contributed by atoms with van der Waals surface area (Å²) in [5, 5.41) is 2.57. The van der Waals surface area contributed by atoms with E-state index in [0.29, 0.717) is 36.8 Å². The number of nitrogens with one attached hydrogen (secondary N) is 2. The van der Waals surface area contributed by atoms with E-state index in [0.717, 1.165) is 6.42 Å². The summed E-state index contributed by atoms with van der Waals surface area (Å²) >= 11 is 0. The van der Waals surface area contributed by atoms with Crippen LogP contribution in [0.15, 0.2) is 47.4 Å². The van der Waals surface area contributed by atoms with Crippen LogP contribution in [0.5, 0.6) is 11.5 Å². The molecule has 1 aliphatic rings. The highest BCUT2D eigenvalue weighted by Gasteiger charge is 2.18. The molecule has 0 radical (unpaired) electrons. The molecule has 0 saturated carbocycles. The van der Waals surface area contributed by atoms with Crippen molar-refractivity contribution in [3.05, 3.63) is 48.3 Å². The van der Waals surface area contributed by atoms with Gasteiger partial charge in [0.1, 0.15) is 5.82 Å². The molecule has 2 N–H and O–H groups in total. The van der Waals surface area contributed by atoms with Gasteiger partial charge >= 0.3 is 0 Å². The maximum Gasteiger partial charge on any atom is 0.240 e. The third kappa shape index (κ3) is 5.43. The lowest BCUT2D eigenvalue weighted by molar-refractivity contribution is -0.116. The number of anilines is 1. The molecule has 0 unspecified atom stereocenters. The van der Waals surface area contributed by atoms with Crippen LogP contribution in [0.4, 0.5) is 10.1 Å². The van der Waals surface area contributed by atoms with Crippen LogP contribution in [-0.2, 0) is 14.8 Å². The van der Waals surface area contributed by atoms with Gasteiger partial charge in [0.15, 0.2) is 11.5 Å². The average molecular weight is 408 g/mol. The van der Waals surface area contributed by atoms with Crippen LogP contribution < -0.4 is 19.5 Å². The third-order valence-corrected chi connectivity index (χ3v) is 5.47. The fourth-order valence-corrected chi connectivity index (χ4v) is 3.73. The lowest BCUT2D eigenvalue weighted by Gasteiger charge is -2.11. The van der Waals surface area contributed by atoms with Crippen molar-refractivity contribution in [2.45, 2.75) is 24.2 Å². The first-order valence-corrected chi connectivity index (χ1v) is 10.4. The van der Waals surface area contributed by atoms with E-state index in [-0.39, 0.29) is 23.8 Å². The maximum absolute atomic E-state index is 13.1. The first-order valence-electron chi connectivity index (χ1n) is 8.89. The number of benzene rings is 2. The van der Waals surface area contributed by atoms with Gasteiger partial charge in [-0.05, 0) is 36.8 Å². The maximum atomic E-state index is 13.1. The fourth-order valence-electron chi connectivity index (χ4n) is 2.64. The molecular formula is C19H21FN2O5S. The van der Waals surface area contributed by atoms with E-state index < -0.39 is 15.8 Å². The molecule has 150 valence electrons. The van der Waals surface area contributed by atoms with E-state index >= 15 is 0 Å². The highest BCUT2D eigenvalue weighted by Crippen LogP contribution is 2.31. The highest BCUT2D eigenvalue weighted by molar-refractivity contribution is 7.89. The molecule has 7 nitrogen and oxygen atoms in total. The summed E-state index contributed by atoms with van der Waals surface area (Å²) in [6, 6.07) is 10.0. The Morgan fingerprint density at radius 2 is 1.86 bits per heavy atom. The number of amides is 1. The molecular weight excluding hydrogens is 387 g/mol. The predicted octanol–water partition coefficient (Wildman–Crippen LogP) is 2.68. The first kappa shape index (κ1) is 20.1. The molecule has 3 rings (SSSR count). The minimum absolute atomic E-state index is 0.0703. The Labute approximate surface area is 162 Å². The highest BCUT2D eigenvalue weighted by atomic mass is 32.2. The molecule has 0 fully saturated rings. The number of hydrogen-bond donors (Lipinski definition) is 2. The Kier molecular flexibility index (Phi) is 6.48. The molecule has 1 aliphatic heterocycles. The summed E-state index contributed by atoms with van der Waals surface area (Å²) < 4.78 is 51.4. The molecule has 2 aromatic carbocycles. The molecule has 0 saturated heterocycles. The Hall–Kier alpha value is -2.65. The molecule has 1 heterocycles. The van der Waals surface area contributed by atoms with Gasteiger partial charge in [-0.2, -0.15) is 0 Å². The van der Waals surface area contributed by atoms with Crippen molar-refractivity contribution in [2.24, 2.45) is 0 Å². The van der Waals surface area contributed by atoms with E-state index in [1.165, 1.54) is 30.3 Å². The van der Waals surface area contributed by atoms with Crippen LogP contribution in [0.1, 0.15) is 19.3 Å². The van der Waals surface area contributed by atoms with Gasteiger partial charge in [-0.15, -0.1) is 0 Å². The lowest BCUT2D eigenvalue weighted by Crippen LogP contribution is -2.25. The molecule has 0 aliphatic carbocycles. The smallest absolute Gasteiger partial charge is 0.240 e. The van der Waals surface area contributed by atoms with Crippen LogP contribution >= 0.6 is 0 Å². The van der Waals surface area contributed by atoms with Gasteiger partial charge < -0.3 is 14.8 Å². The van der Waals surface area contributed by atoms with Crippen molar-refractivity contribution in [1.29, 1.82) is 0 Å². The van der Waals surface area contributed by atoms with E-state index in [9.17, 15) is 17.6 Å². The standard InChI is InChI=1S/C19H21FN2O5S/c20-14-4-1-5-15(12-14)22-19(23)6-2-9-21-28(24,25)16-7-8-17-18(13-16)27-11-3-10-26-17/h1,4-5,7-8,12-13,21H,2-3,6,9-11H2,(H,22,23). The van der Waals surface area contributed by atoms with Gasteiger partial charge in [0.05, 0.1) is 18.1 Å². The van der Waals surface area contributed by atoms with Crippen LogP contribution in [0.3, 0.4) is 0 Å². The largest absolute Gasteiger partial charge is 0.490 e. The summed E-state index contributed by atoms with van der Waals surface area (Å²) in [6.07, 6.45) is 1.12. The number of halogens is 1. The summed E-state index contributed by atoms with van der Waals surface area (Å²) in [7, 11) is -3.73. The lowest BCUT2D eigenvalue weighted by atomic mass is 10.2. The van der Waals surface area contributed by atoms with Crippen molar-refractivity contribution in [3.8, 4) is 11.5 Å². The molecule has 2 aromatic rings. The molecule has 0 aromatic heterocycles. The van der Waals surface area contributed by atoms with Crippen molar-refractivity contribution >= 4 is 21.6 Å². The number of hydrogen-bond acceptors (Lipinski definition) is 5. The SMILES string of the molecule is O=C(CCCNS(=O)(=O)c1ccc2c(c1)OCCCO2)Nc1cccc(F)c1. The summed E-state index contributed by atoms with van der Waals surface area (Å²) in [5.74, 6) is 0.154. The number of fused-ring (bicyclic) bond motifs is 1. The van der Waals surface area contributed by atoms with Gasteiger partial charge in [-0.1, -0.05) is 6.07 Å². The van der Waals surface area contributed by atoms with Crippen molar-refractivity contribution in [3.63, 3.8) is 0 Å². The molecule has 28 heavy (non-hydrogen) atoms. The molecule has 9 heteroatoms. The van der Waals surface area contributed by atoms with Crippen molar-refractivity contribution in [2.75, 3.05) is 25.1 Å². The van der Waals surface area contributed by atoms with Crippen LogP contribution in [0.25, 0.3) is 0 Å². The van der Waals surface area contributed by atoms with Crippen molar-refractivity contribution < 1.29 is 27.1 Å². The van der Waals surface area contributed by atoms with E-state index in [1.807, 2.05) is 0 Å². The number of carbonyl (C=O) groups excluding carboxylic acids is 1. The van der Waals surface area contributed by atoms with Crippen molar-refractivity contribution in [1.82, 2.24) is 4.72 Å². The van der Waals surface area contributed by atoms with Crippen LogP contribution in [0, 0.1) is 5.82 Å². The average Bonchev–Trinajstić information content (AvgIpc) is 2.90. The number of ether oxygens (including phenoxy) is 2. The van der Waals surface area contributed by atoms with E-state index in [2.05, 4.69) is 10.0 Å². The topological polar surface area (TPSA) is 93.7 Å². The third-order valence-electron chi connectivity index (χ3n) is 4.01. The minimum atomic E-state index is -3.73. The minimum Gasteiger partial charge on any atom is -0.490 e. The second-order valence-corrected chi connectivity index (χ2v) is 7.99. The summed E-state index contributed by atoms with van der Waals surface area (Å²) in [5.41, 5.74) is 0.359. The number of sulfonamides is 1. The number of carbonyl (C=O) groups is 1. The first-order chi connectivity index (χ1) is 13.4. The second-order valence-electron chi connectivity index (χ2n) is 6.22. The van der Waals surface area contributed by atoms with Gasteiger partial charge in [-0.3, -0.25) is 4.79 Å². The van der Waals surface area contributed by atoms with Gasteiger partial charge in [0.2, 0.25) is 15.9 Å². The Balaban J connectivity index is 1.50.